The molecule has 1 aromatic heterocycles. The first-order valence-corrected chi connectivity index (χ1v) is 7.10. The van der Waals surface area contributed by atoms with Crippen LogP contribution in [0.1, 0.15) is 31.6 Å². The van der Waals surface area contributed by atoms with Crippen LogP contribution >= 0.6 is 0 Å². The van der Waals surface area contributed by atoms with Crippen LogP contribution in [0.25, 0.3) is 11.4 Å². The summed E-state index contributed by atoms with van der Waals surface area (Å²) in [7, 11) is 0. The summed E-state index contributed by atoms with van der Waals surface area (Å²) >= 11 is 0. The number of benzene rings is 1. The van der Waals surface area contributed by atoms with Gasteiger partial charge in [-0.25, -0.2) is 0 Å². The number of anilines is 1. The molecule has 1 aromatic carbocycles. The first-order chi connectivity index (χ1) is 10.6. The maximum atomic E-state index is 11.7. The average Bonchev–Trinajstić information content (AvgIpc) is 3.23. The maximum absolute atomic E-state index is 11.7. The largest absolute Gasteiger partial charge is 0.347 e. The summed E-state index contributed by atoms with van der Waals surface area (Å²) < 4.78 is 5.23. The average molecular weight is 300 g/mol. The number of amides is 2. The van der Waals surface area contributed by atoms with Gasteiger partial charge in [0.25, 0.3) is 0 Å². The highest BCUT2D eigenvalue weighted by Crippen LogP contribution is 2.39. The number of nitrogens with zero attached hydrogens (tertiary/aromatic N) is 2. The second-order valence-electron chi connectivity index (χ2n) is 5.27. The highest BCUT2D eigenvalue weighted by molar-refractivity contribution is 5.94. The summed E-state index contributed by atoms with van der Waals surface area (Å²) in [5.41, 5.74) is 1.39. The zero-order valence-corrected chi connectivity index (χ0v) is 12.1. The maximum Gasteiger partial charge on any atom is 0.243 e. The molecular weight excluding hydrogens is 284 g/mol. The van der Waals surface area contributed by atoms with Crippen LogP contribution in [0.5, 0.6) is 0 Å². The Labute approximate surface area is 127 Å². The first-order valence-electron chi connectivity index (χ1n) is 7.10. The van der Waals surface area contributed by atoms with Crippen molar-refractivity contribution in [3.8, 4) is 11.4 Å². The number of hydrogen-bond donors (Lipinski definition) is 2. The monoisotopic (exact) mass is 300 g/mol. The van der Waals surface area contributed by atoms with Crippen molar-refractivity contribution >= 4 is 17.5 Å². The molecule has 0 spiro atoms. The molecule has 1 saturated carbocycles. The third kappa shape index (κ3) is 3.49. The number of aromatic nitrogens is 2. The van der Waals surface area contributed by atoms with Gasteiger partial charge in [0.15, 0.2) is 0 Å². The summed E-state index contributed by atoms with van der Waals surface area (Å²) in [5, 5.41) is 9.13. The van der Waals surface area contributed by atoms with E-state index in [1.807, 2.05) is 6.07 Å². The van der Waals surface area contributed by atoms with Gasteiger partial charge in [0.05, 0.1) is 6.54 Å². The predicted octanol–water partition coefficient (Wildman–Crippen LogP) is 1.69. The number of carbonyl (C=O) groups is 2. The van der Waals surface area contributed by atoms with E-state index in [1.54, 1.807) is 18.2 Å². The summed E-state index contributed by atoms with van der Waals surface area (Å²) in [6.45, 7) is 1.30. The molecule has 0 bridgehead atoms. The number of nitrogens with one attached hydrogen (secondary N) is 2. The van der Waals surface area contributed by atoms with Crippen LogP contribution in [0.15, 0.2) is 28.8 Å². The van der Waals surface area contributed by atoms with Gasteiger partial charge in [-0.1, -0.05) is 17.3 Å². The summed E-state index contributed by atoms with van der Waals surface area (Å²) in [6, 6.07) is 7.19. The molecule has 2 amide bonds. The Morgan fingerprint density at radius 3 is 2.91 bits per heavy atom. The summed E-state index contributed by atoms with van der Waals surface area (Å²) in [5.74, 6) is 1.05. The lowest BCUT2D eigenvalue weighted by Gasteiger charge is -2.06. The van der Waals surface area contributed by atoms with Crippen LogP contribution in [0.2, 0.25) is 0 Å². The summed E-state index contributed by atoms with van der Waals surface area (Å²) in [6.07, 6.45) is 2.20. The Morgan fingerprint density at radius 1 is 1.36 bits per heavy atom. The molecule has 0 saturated heterocycles. The van der Waals surface area contributed by atoms with Crippen molar-refractivity contribution < 1.29 is 14.1 Å². The van der Waals surface area contributed by atoms with Crippen molar-refractivity contribution in [3.05, 3.63) is 30.2 Å². The quantitative estimate of drug-likeness (QED) is 0.875. The van der Waals surface area contributed by atoms with Gasteiger partial charge in [-0.2, -0.15) is 4.98 Å². The van der Waals surface area contributed by atoms with Crippen LogP contribution in [0, 0.1) is 0 Å². The van der Waals surface area contributed by atoms with E-state index in [-0.39, 0.29) is 18.4 Å². The smallest absolute Gasteiger partial charge is 0.243 e. The van der Waals surface area contributed by atoms with Crippen molar-refractivity contribution in [1.29, 1.82) is 0 Å². The molecular formula is C15H16N4O3. The highest BCUT2D eigenvalue weighted by Gasteiger charge is 2.29. The molecule has 3 rings (SSSR count). The van der Waals surface area contributed by atoms with E-state index in [9.17, 15) is 9.59 Å². The van der Waals surface area contributed by atoms with Crippen molar-refractivity contribution in [1.82, 2.24) is 15.5 Å². The van der Waals surface area contributed by atoms with Crippen molar-refractivity contribution in [2.75, 3.05) is 11.9 Å². The van der Waals surface area contributed by atoms with Crippen molar-refractivity contribution in [3.63, 3.8) is 0 Å². The second kappa shape index (κ2) is 5.97. The molecule has 1 heterocycles. The highest BCUT2D eigenvalue weighted by atomic mass is 16.5. The van der Waals surface area contributed by atoms with Gasteiger partial charge >= 0.3 is 0 Å². The van der Waals surface area contributed by atoms with Gasteiger partial charge in [0.2, 0.25) is 23.5 Å². The molecule has 7 nitrogen and oxygen atoms in total. The molecule has 0 radical (unpaired) electrons. The van der Waals surface area contributed by atoms with E-state index < -0.39 is 0 Å². The summed E-state index contributed by atoms with van der Waals surface area (Å²) in [4.78, 5) is 26.8. The molecule has 114 valence electrons. The fourth-order valence-corrected chi connectivity index (χ4v) is 1.99. The molecule has 0 atom stereocenters. The van der Waals surface area contributed by atoms with E-state index in [1.165, 1.54) is 6.92 Å². The minimum Gasteiger partial charge on any atom is -0.347 e. The third-order valence-corrected chi connectivity index (χ3v) is 3.27. The van der Waals surface area contributed by atoms with Crippen LogP contribution in [0.4, 0.5) is 5.69 Å². The lowest BCUT2D eigenvalue weighted by atomic mass is 10.2. The Hall–Kier alpha value is -2.70. The molecule has 7 heteroatoms. The van der Waals surface area contributed by atoms with Crippen LogP contribution in [-0.4, -0.2) is 28.5 Å². The van der Waals surface area contributed by atoms with Gasteiger partial charge in [-0.3, -0.25) is 9.59 Å². The zero-order chi connectivity index (χ0) is 15.5. The van der Waals surface area contributed by atoms with Gasteiger partial charge in [-0.05, 0) is 25.0 Å². The lowest BCUT2D eigenvalue weighted by Crippen LogP contribution is -2.31. The number of hydrogen-bond acceptors (Lipinski definition) is 5. The van der Waals surface area contributed by atoms with E-state index >= 15 is 0 Å². The lowest BCUT2D eigenvalue weighted by molar-refractivity contribution is -0.122. The van der Waals surface area contributed by atoms with Gasteiger partial charge < -0.3 is 15.2 Å². The Bertz CT molecular complexity index is 706. The molecule has 1 aliphatic carbocycles. The van der Waals surface area contributed by atoms with E-state index in [4.69, 9.17) is 4.52 Å². The molecule has 0 unspecified atom stereocenters. The van der Waals surface area contributed by atoms with Crippen molar-refractivity contribution in [2.45, 2.75) is 25.7 Å². The van der Waals surface area contributed by atoms with Gasteiger partial charge in [0, 0.05) is 24.1 Å². The SMILES string of the molecule is CC(=O)NCC(=O)Nc1cccc(-c2noc(C3CC3)n2)c1. The molecule has 0 aliphatic heterocycles. The topological polar surface area (TPSA) is 97.1 Å². The predicted molar refractivity (Wildman–Crippen MR) is 79.0 cm³/mol. The second-order valence-corrected chi connectivity index (χ2v) is 5.27. The van der Waals surface area contributed by atoms with Crippen LogP contribution in [0.3, 0.4) is 0 Å². The Morgan fingerprint density at radius 2 is 2.18 bits per heavy atom. The minimum atomic E-state index is -0.292. The normalized spacial score (nSPS) is 13.7. The molecule has 2 N–H and O–H groups in total. The fourth-order valence-electron chi connectivity index (χ4n) is 1.99. The molecule has 1 fully saturated rings. The van der Waals surface area contributed by atoms with Crippen LogP contribution < -0.4 is 10.6 Å². The van der Waals surface area contributed by atoms with E-state index in [0.29, 0.717) is 23.3 Å². The Balaban J connectivity index is 1.68. The van der Waals surface area contributed by atoms with E-state index in [2.05, 4.69) is 20.8 Å². The van der Waals surface area contributed by atoms with Gasteiger partial charge in [-0.15, -0.1) is 0 Å². The third-order valence-electron chi connectivity index (χ3n) is 3.27. The number of rotatable bonds is 5. The minimum absolute atomic E-state index is 0.0619. The van der Waals surface area contributed by atoms with E-state index in [0.717, 1.165) is 18.4 Å². The van der Waals surface area contributed by atoms with Gasteiger partial charge in [0.1, 0.15) is 0 Å². The van der Waals surface area contributed by atoms with Crippen molar-refractivity contribution in [2.24, 2.45) is 0 Å². The Kier molecular flexibility index (Phi) is 3.86. The molecule has 2 aromatic rings. The first kappa shape index (κ1) is 14.2. The number of carbonyl (C=O) groups excluding carboxylic acids is 2. The molecule has 1 aliphatic rings. The zero-order valence-electron chi connectivity index (χ0n) is 12.1. The molecule has 22 heavy (non-hydrogen) atoms. The van der Waals surface area contributed by atoms with Crippen LogP contribution in [-0.2, 0) is 9.59 Å². The fraction of sp³-hybridized carbons (Fsp3) is 0.333. The standard InChI is InChI=1S/C15H16N4O3/c1-9(20)16-8-13(21)17-12-4-2-3-11(7-12)14-18-15(22-19-14)10-5-6-10/h2-4,7,10H,5-6,8H2,1H3,(H,16,20)(H,17,21).